The molecule has 0 heterocycles. The molecule has 1 amide bonds. The third kappa shape index (κ3) is 10.8. The predicted octanol–water partition coefficient (Wildman–Crippen LogP) is 2.28. The predicted molar refractivity (Wildman–Crippen MR) is 62.4 cm³/mol. The van der Waals surface area contributed by atoms with Gasteiger partial charge in [0.25, 0.3) is 0 Å². The van der Waals surface area contributed by atoms with Crippen LogP contribution in [0, 0.1) is 0 Å². The van der Waals surface area contributed by atoms with Gasteiger partial charge < -0.3 is 10.5 Å². The molecule has 0 unspecified atom stereocenters. The highest BCUT2D eigenvalue weighted by atomic mass is 16.5. The van der Waals surface area contributed by atoms with E-state index >= 15 is 0 Å². The van der Waals surface area contributed by atoms with Crippen LogP contribution in [-0.2, 0) is 14.3 Å². The molecule has 0 rings (SSSR count). The first kappa shape index (κ1) is 14.7. The van der Waals surface area contributed by atoms with Gasteiger partial charge in [-0.15, -0.1) is 0 Å². The molecule has 0 aromatic heterocycles. The summed E-state index contributed by atoms with van der Waals surface area (Å²) in [4.78, 5) is 21.4. The summed E-state index contributed by atoms with van der Waals surface area (Å²) in [5.74, 6) is -0.899. The minimum absolute atomic E-state index is 0.0448. The molecule has 0 fully saturated rings. The van der Waals surface area contributed by atoms with Crippen molar-refractivity contribution in [1.82, 2.24) is 0 Å². The topological polar surface area (TPSA) is 69.4 Å². The highest BCUT2D eigenvalue weighted by Gasteiger charge is 2.02. The fraction of sp³-hybridized carbons (Fsp3) is 0.667. The van der Waals surface area contributed by atoms with Crippen LogP contribution in [0.3, 0.4) is 0 Å². The second-order valence-corrected chi connectivity index (χ2v) is 3.68. The molecule has 0 aromatic carbocycles. The normalized spacial score (nSPS) is 10.6. The van der Waals surface area contributed by atoms with Crippen molar-refractivity contribution in [2.45, 2.75) is 51.9 Å². The van der Waals surface area contributed by atoms with E-state index in [4.69, 9.17) is 10.5 Å². The Hall–Kier alpha value is -1.32. The van der Waals surface area contributed by atoms with Gasteiger partial charge in [-0.2, -0.15) is 0 Å². The van der Waals surface area contributed by atoms with E-state index < -0.39 is 11.9 Å². The molecule has 0 radical (unpaired) electrons. The van der Waals surface area contributed by atoms with Gasteiger partial charge in [0, 0.05) is 6.42 Å². The third-order valence-corrected chi connectivity index (χ3v) is 2.10. The lowest BCUT2D eigenvalue weighted by atomic mass is 10.1. The third-order valence-electron chi connectivity index (χ3n) is 2.10. The van der Waals surface area contributed by atoms with Crippen molar-refractivity contribution >= 4 is 11.9 Å². The van der Waals surface area contributed by atoms with Gasteiger partial charge >= 0.3 is 5.97 Å². The smallest absolute Gasteiger partial charge is 0.311 e. The molecular formula is C12H21NO3. The summed E-state index contributed by atoms with van der Waals surface area (Å²) in [6, 6.07) is 0. The second-order valence-electron chi connectivity index (χ2n) is 3.68. The zero-order valence-electron chi connectivity index (χ0n) is 9.91. The van der Waals surface area contributed by atoms with Crippen molar-refractivity contribution in [3.05, 3.63) is 12.3 Å². The summed E-state index contributed by atoms with van der Waals surface area (Å²) < 4.78 is 4.77. The van der Waals surface area contributed by atoms with Crippen LogP contribution >= 0.6 is 0 Å². The summed E-state index contributed by atoms with van der Waals surface area (Å²) in [6.45, 7) is 2.16. The average Bonchev–Trinajstić information content (AvgIpc) is 2.25. The van der Waals surface area contributed by atoms with Crippen molar-refractivity contribution in [3.63, 3.8) is 0 Å². The average molecular weight is 227 g/mol. The number of hydrogen-bond acceptors (Lipinski definition) is 3. The van der Waals surface area contributed by atoms with Crippen LogP contribution in [0.5, 0.6) is 0 Å². The lowest BCUT2D eigenvalue weighted by Gasteiger charge is -1.97. The van der Waals surface area contributed by atoms with Crippen LogP contribution in [0.4, 0.5) is 0 Å². The fourth-order valence-electron chi connectivity index (χ4n) is 1.17. The minimum atomic E-state index is -0.486. The van der Waals surface area contributed by atoms with E-state index in [9.17, 15) is 9.59 Å². The SMILES string of the molecule is CCCCCCC=COC(=O)CCC(N)=O. The number of allylic oxidation sites excluding steroid dienone is 1. The van der Waals surface area contributed by atoms with Gasteiger partial charge in [-0.3, -0.25) is 9.59 Å². The quantitative estimate of drug-likeness (QED) is 0.373. The molecule has 0 aliphatic carbocycles. The molecule has 0 aliphatic heterocycles. The second kappa shape index (κ2) is 10.2. The Morgan fingerprint density at radius 2 is 1.94 bits per heavy atom. The Kier molecular flexibility index (Phi) is 9.36. The van der Waals surface area contributed by atoms with Gasteiger partial charge in [0.05, 0.1) is 12.7 Å². The van der Waals surface area contributed by atoms with E-state index in [-0.39, 0.29) is 12.8 Å². The Morgan fingerprint density at radius 1 is 1.19 bits per heavy atom. The maximum atomic E-state index is 11.0. The van der Waals surface area contributed by atoms with Crippen molar-refractivity contribution < 1.29 is 14.3 Å². The lowest BCUT2D eigenvalue weighted by Crippen LogP contribution is -2.12. The summed E-state index contributed by atoms with van der Waals surface area (Å²) in [7, 11) is 0. The molecule has 0 bridgehead atoms. The number of esters is 1. The number of nitrogens with two attached hydrogens (primary N) is 1. The summed E-state index contributed by atoms with van der Waals surface area (Å²) in [5.41, 5.74) is 4.90. The van der Waals surface area contributed by atoms with Crippen molar-refractivity contribution in [1.29, 1.82) is 0 Å². The number of amides is 1. The monoisotopic (exact) mass is 227 g/mol. The molecular weight excluding hydrogens is 206 g/mol. The van der Waals surface area contributed by atoms with Gasteiger partial charge in [0.2, 0.25) is 5.91 Å². The number of carbonyl (C=O) groups is 2. The van der Waals surface area contributed by atoms with E-state index in [2.05, 4.69) is 6.92 Å². The van der Waals surface area contributed by atoms with Crippen LogP contribution in [0.15, 0.2) is 12.3 Å². The first-order valence-corrected chi connectivity index (χ1v) is 5.79. The van der Waals surface area contributed by atoms with Crippen LogP contribution in [-0.4, -0.2) is 11.9 Å². The van der Waals surface area contributed by atoms with E-state index in [1.165, 1.54) is 25.5 Å². The molecule has 2 N–H and O–H groups in total. The van der Waals surface area contributed by atoms with Gasteiger partial charge in [-0.25, -0.2) is 0 Å². The molecule has 4 heteroatoms. The molecule has 0 saturated carbocycles. The van der Waals surface area contributed by atoms with Crippen molar-refractivity contribution in [2.75, 3.05) is 0 Å². The van der Waals surface area contributed by atoms with Crippen LogP contribution < -0.4 is 5.73 Å². The molecule has 0 saturated heterocycles. The van der Waals surface area contributed by atoms with Gasteiger partial charge in [0.15, 0.2) is 0 Å². The van der Waals surface area contributed by atoms with Crippen molar-refractivity contribution in [2.24, 2.45) is 5.73 Å². The highest BCUT2D eigenvalue weighted by molar-refractivity contribution is 5.80. The molecule has 0 spiro atoms. The molecule has 4 nitrogen and oxygen atoms in total. The van der Waals surface area contributed by atoms with Crippen LogP contribution in [0.1, 0.15) is 51.9 Å². The first-order chi connectivity index (χ1) is 7.66. The molecule has 0 aliphatic rings. The van der Waals surface area contributed by atoms with Gasteiger partial charge in [-0.05, 0) is 18.9 Å². The van der Waals surface area contributed by atoms with E-state index in [1.807, 2.05) is 6.08 Å². The van der Waals surface area contributed by atoms with Crippen LogP contribution in [0.25, 0.3) is 0 Å². The van der Waals surface area contributed by atoms with E-state index in [0.717, 1.165) is 12.8 Å². The maximum absolute atomic E-state index is 11.0. The van der Waals surface area contributed by atoms with Crippen LogP contribution in [0.2, 0.25) is 0 Å². The Balaban J connectivity index is 3.37. The Morgan fingerprint density at radius 3 is 2.56 bits per heavy atom. The summed E-state index contributed by atoms with van der Waals surface area (Å²) >= 11 is 0. The molecule has 16 heavy (non-hydrogen) atoms. The standard InChI is InChI=1S/C12H21NO3/c1-2-3-4-5-6-7-10-16-12(15)9-8-11(13)14/h7,10H,2-6,8-9H2,1H3,(H2,13,14). The zero-order chi connectivity index (χ0) is 12.2. The Bertz CT molecular complexity index is 236. The van der Waals surface area contributed by atoms with E-state index in [0.29, 0.717) is 0 Å². The lowest BCUT2D eigenvalue weighted by molar-refractivity contribution is -0.139. The van der Waals surface area contributed by atoms with Crippen molar-refractivity contribution in [3.8, 4) is 0 Å². The largest absolute Gasteiger partial charge is 0.435 e. The fourth-order valence-corrected chi connectivity index (χ4v) is 1.17. The summed E-state index contributed by atoms with van der Waals surface area (Å²) in [6.07, 6.45) is 9.02. The number of hydrogen-bond donors (Lipinski definition) is 1. The first-order valence-electron chi connectivity index (χ1n) is 5.79. The maximum Gasteiger partial charge on any atom is 0.311 e. The number of primary amides is 1. The highest BCUT2D eigenvalue weighted by Crippen LogP contribution is 2.03. The van der Waals surface area contributed by atoms with Gasteiger partial charge in [0.1, 0.15) is 0 Å². The number of rotatable bonds is 9. The zero-order valence-corrected chi connectivity index (χ0v) is 9.91. The number of carbonyl (C=O) groups excluding carboxylic acids is 2. The van der Waals surface area contributed by atoms with E-state index in [1.54, 1.807) is 0 Å². The number of unbranched alkanes of at least 4 members (excludes halogenated alkanes) is 4. The summed E-state index contributed by atoms with van der Waals surface area (Å²) in [5, 5.41) is 0. The van der Waals surface area contributed by atoms with Gasteiger partial charge in [-0.1, -0.05) is 26.2 Å². The molecule has 0 atom stereocenters. The molecule has 92 valence electrons. The molecule has 0 aromatic rings. The minimum Gasteiger partial charge on any atom is -0.435 e. The number of ether oxygens (including phenoxy) is 1. The Labute approximate surface area is 96.8 Å².